The third-order valence-electron chi connectivity index (χ3n) is 3.44. The lowest BCUT2D eigenvalue weighted by Gasteiger charge is -2.49. The standard InChI is InChI=1S/C12H22O/c1-6-10-11(2,3)7-9(13)8-12(10,4)5/h6,9-10,13H,1,7-8H2,2-5H3. The Bertz CT molecular complexity index is 185. The first-order valence-corrected chi connectivity index (χ1v) is 5.10. The van der Waals surface area contributed by atoms with Crippen LogP contribution in [0, 0.1) is 16.7 Å². The molecule has 1 heteroatoms. The van der Waals surface area contributed by atoms with E-state index in [0.717, 1.165) is 12.8 Å². The van der Waals surface area contributed by atoms with Crippen molar-refractivity contribution in [1.29, 1.82) is 0 Å². The van der Waals surface area contributed by atoms with Gasteiger partial charge >= 0.3 is 0 Å². The molecular weight excluding hydrogens is 160 g/mol. The topological polar surface area (TPSA) is 20.2 Å². The SMILES string of the molecule is C=CC1C(C)(C)CC(O)CC1(C)C. The van der Waals surface area contributed by atoms with Crippen molar-refractivity contribution in [2.24, 2.45) is 16.7 Å². The molecule has 1 nitrogen and oxygen atoms in total. The summed E-state index contributed by atoms with van der Waals surface area (Å²) in [5, 5.41) is 9.76. The molecule has 0 aromatic carbocycles. The molecule has 1 N–H and O–H groups in total. The van der Waals surface area contributed by atoms with E-state index in [-0.39, 0.29) is 16.9 Å². The summed E-state index contributed by atoms with van der Waals surface area (Å²) in [4.78, 5) is 0. The zero-order valence-electron chi connectivity index (χ0n) is 9.30. The molecule has 0 radical (unpaired) electrons. The summed E-state index contributed by atoms with van der Waals surface area (Å²) in [7, 11) is 0. The third-order valence-corrected chi connectivity index (χ3v) is 3.44. The second-order valence-electron chi connectivity index (χ2n) is 5.75. The maximum atomic E-state index is 9.76. The Morgan fingerprint density at radius 2 is 1.54 bits per heavy atom. The van der Waals surface area contributed by atoms with Crippen LogP contribution in [0.25, 0.3) is 0 Å². The largest absolute Gasteiger partial charge is 0.393 e. The van der Waals surface area contributed by atoms with Crippen molar-refractivity contribution in [2.75, 3.05) is 0 Å². The van der Waals surface area contributed by atoms with Gasteiger partial charge in [0.15, 0.2) is 0 Å². The van der Waals surface area contributed by atoms with E-state index in [9.17, 15) is 5.11 Å². The van der Waals surface area contributed by atoms with Gasteiger partial charge < -0.3 is 5.11 Å². The van der Waals surface area contributed by atoms with E-state index < -0.39 is 0 Å². The van der Waals surface area contributed by atoms with Crippen molar-refractivity contribution in [2.45, 2.75) is 46.6 Å². The Morgan fingerprint density at radius 3 is 1.85 bits per heavy atom. The summed E-state index contributed by atoms with van der Waals surface area (Å²) < 4.78 is 0. The summed E-state index contributed by atoms with van der Waals surface area (Å²) >= 11 is 0. The summed E-state index contributed by atoms with van der Waals surface area (Å²) in [5.41, 5.74) is 0.367. The molecule has 0 bridgehead atoms. The van der Waals surface area contributed by atoms with Crippen LogP contribution >= 0.6 is 0 Å². The van der Waals surface area contributed by atoms with E-state index in [4.69, 9.17) is 0 Å². The molecule has 0 atom stereocenters. The van der Waals surface area contributed by atoms with Crippen LogP contribution in [0.1, 0.15) is 40.5 Å². The highest BCUT2D eigenvalue weighted by Crippen LogP contribution is 2.51. The zero-order valence-corrected chi connectivity index (χ0v) is 9.30. The van der Waals surface area contributed by atoms with E-state index in [1.807, 2.05) is 0 Å². The normalized spacial score (nSPS) is 37.0. The van der Waals surface area contributed by atoms with Gasteiger partial charge in [0.2, 0.25) is 0 Å². The van der Waals surface area contributed by atoms with Gasteiger partial charge in [-0.25, -0.2) is 0 Å². The van der Waals surface area contributed by atoms with E-state index in [2.05, 4.69) is 40.3 Å². The summed E-state index contributed by atoms with van der Waals surface area (Å²) in [5.74, 6) is 0.503. The highest BCUT2D eigenvalue weighted by atomic mass is 16.3. The van der Waals surface area contributed by atoms with Gasteiger partial charge in [0.25, 0.3) is 0 Å². The molecule has 0 amide bonds. The molecule has 0 aromatic heterocycles. The summed E-state index contributed by atoms with van der Waals surface area (Å²) in [6.07, 6.45) is 3.72. The molecule has 0 spiro atoms. The fraction of sp³-hybridized carbons (Fsp3) is 0.833. The minimum Gasteiger partial charge on any atom is -0.393 e. The third kappa shape index (κ3) is 1.96. The molecule has 0 heterocycles. The average molecular weight is 182 g/mol. The minimum atomic E-state index is -0.138. The van der Waals surface area contributed by atoms with Crippen LogP contribution in [-0.4, -0.2) is 11.2 Å². The van der Waals surface area contributed by atoms with Crippen LogP contribution in [0.5, 0.6) is 0 Å². The summed E-state index contributed by atoms with van der Waals surface area (Å²) in [6.45, 7) is 12.8. The van der Waals surface area contributed by atoms with Crippen LogP contribution in [-0.2, 0) is 0 Å². The Labute approximate surface area is 81.9 Å². The lowest BCUT2D eigenvalue weighted by molar-refractivity contribution is -0.0377. The predicted octanol–water partition coefficient (Wildman–Crippen LogP) is 3.00. The minimum absolute atomic E-state index is 0.138. The van der Waals surface area contributed by atoms with Crippen LogP contribution in [0.4, 0.5) is 0 Å². The quantitative estimate of drug-likeness (QED) is 0.618. The first kappa shape index (κ1) is 10.8. The number of hydrogen-bond donors (Lipinski definition) is 1. The average Bonchev–Trinajstić information content (AvgIpc) is 1.79. The van der Waals surface area contributed by atoms with Crippen molar-refractivity contribution < 1.29 is 5.11 Å². The fourth-order valence-corrected chi connectivity index (χ4v) is 3.24. The molecule has 0 aliphatic heterocycles. The van der Waals surface area contributed by atoms with Gasteiger partial charge in [0.05, 0.1) is 6.10 Å². The molecule has 0 saturated heterocycles. The Kier molecular flexibility index (Phi) is 2.59. The van der Waals surface area contributed by atoms with Crippen molar-refractivity contribution in [3.8, 4) is 0 Å². The highest BCUT2D eigenvalue weighted by molar-refractivity contribution is 5.03. The molecule has 1 aliphatic carbocycles. The van der Waals surface area contributed by atoms with E-state index in [1.165, 1.54) is 0 Å². The Hall–Kier alpha value is -0.300. The number of rotatable bonds is 1. The molecule has 1 saturated carbocycles. The molecule has 1 fully saturated rings. The molecular formula is C12H22O. The number of allylic oxidation sites excluding steroid dienone is 1. The number of aliphatic hydroxyl groups is 1. The molecule has 13 heavy (non-hydrogen) atoms. The smallest absolute Gasteiger partial charge is 0.0550 e. The monoisotopic (exact) mass is 182 g/mol. The molecule has 0 aromatic rings. The lowest BCUT2D eigenvalue weighted by Crippen LogP contribution is -2.44. The molecule has 76 valence electrons. The van der Waals surface area contributed by atoms with Gasteiger partial charge in [0, 0.05) is 0 Å². The molecule has 1 rings (SSSR count). The van der Waals surface area contributed by atoms with E-state index in [1.54, 1.807) is 0 Å². The maximum Gasteiger partial charge on any atom is 0.0550 e. The van der Waals surface area contributed by atoms with Gasteiger partial charge in [-0.3, -0.25) is 0 Å². The molecule has 0 unspecified atom stereocenters. The van der Waals surface area contributed by atoms with Gasteiger partial charge in [-0.15, -0.1) is 6.58 Å². The number of hydrogen-bond acceptors (Lipinski definition) is 1. The van der Waals surface area contributed by atoms with Crippen LogP contribution < -0.4 is 0 Å². The second kappa shape index (κ2) is 3.13. The first-order chi connectivity index (χ1) is 5.79. The summed E-state index contributed by atoms with van der Waals surface area (Å²) in [6, 6.07) is 0. The second-order valence-corrected chi connectivity index (χ2v) is 5.75. The lowest BCUT2D eigenvalue weighted by atomic mass is 9.56. The van der Waals surface area contributed by atoms with Gasteiger partial charge in [-0.1, -0.05) is 33.8 Å². The van der Waals surface area contributed by atoms with Crippen molar-refractivity contribution in [1.82, 2.24) is 0 Å². The van der Waals surface area contributed by atoms with Gasteiger partial charge in [-0.2, -0.15) is 0 Å². The van der Waals surface area contributed by atoms with E-state index in [0.29, 0.717) is 5.92 Å². The predicted molar refractivity (Wildman–Crippen MR) is 56.5 cm³/mol. The van der Waals surface area contributed by atoms with E-state index >= 15 is 0 Å². The first-order valence-electron chi connectivity index (χ1n) is 5.10. The van der Waals surface area contributed by atoms with Crippen LogP contribution in [0.2, 0.25) is 0 Å². The highest BCUT2D eigenvalue weighted by Gasteiger charge is 2.45. The van der Waals surface area contributed by atoms with Gasteiger partial charge in [-0.05, 0) is 29.6 Å². The van der Waals surface area contributed by atoms with Crippen LogP contribution in [0.3, 0.4) is 0 Å². The Morgan fingerprint density at radius 1 is 1.15 bits per heavy atom. The number of aliphatic hydroxyl groups excluding tert-OH is 1. The maximum absolute atomic E-state index is 9.76. The van der Waals surface area contributed by atoms with Crippen LogP contribution in [0.15, 0.2) is 12.7 Å². The van der Waals surface area contributed by atoms with Crippen molar-refractivity contribution >= 4 is 0 Å². The zero-order chi connectivity index (χ0) is 10.3. The Balaban J connectivity index is 2.94. The molecule has 1 aliphatic rings. The van der Waals surface area contributed by atoms with Crippen molar-refractivity contribution in [3.63, 3.8) is 0 Å². The van der Waals surface area contributed by atoms with Crippen molar-refractivity contribution in [3.05, 3.63) is 12.7 Å². The fourth-order valence-electron chi connectivity index (χ4n) is 3.24. The van der Waals surface area contributed by atoms with Gasteiger partial charge in [0.1, 0.15) is 0 Å².